The Morgan fingerprint density at radius 2 is 1.89 bits per heavy atom. The molecule has 1 aromatic rings. The Kier molecular flexibility index (Phi) is 6.15. The first-order valence-electron chi connectivity index (χ1n) is 6.46. The lowest BCUT2D eigenvalue weighted by Crippen LogP contribution is -2.23. The van der Waals surface area contributed by atoms with E-state index < -0.39 is 11.7 Å². The molecule has 0 aliphatic rings. The highest BCUT2D eigenvalue weighted by molar-refractivity contribution is 5.35. The molecule has 0 unspecified atom stereocenters. The van der Waals surface area contributed by atoms with Crippen LogP contribution in [0, 0.1) is 0 Å². The van der Waals surface area contributed by atoms with Gasteiger partial charge in [-0.2, -0.15) is 13.2 Å². The van der Waals surface area contributed by atoms with Gasteiger partial charge in [-0.1, -0.05) is 25.5 Å². The predicted octanol–water partition coefficient (Wildman–Crippen LogP) is 3.86. The summed E-state index contributed by atoms with van der Waals surface area (Å²) in [6, 6.07) is 5.37. The quantitative estimate of drug-likeness (QED) is 0.815. The van der Waals surface area contributed by atoms with Gasteiger partial charge in [0.15, 0.2) is 0 Å². The summed E-state index contributed by atoms with van der Waals surface area (Å²) in [6.07, 6.45) is -2.26. The van der Waals surface area contributed by atoms with Gasteiger partial charge in [0.25, 0.3) is 0 Å². The Hall–Kier alpha value is -1.23. The molecule has 19 heavy (non-hydrogen) atoms. The lowest BCUT2D eigenvalue weighted by molar-refractivity contribution is -0.139. The number of halogens is 3. The number of para-hydroxylation sites is 1. The molecular weight excluding hydrogens is 255 g/mol. The predicted molar refractivity (Wildman–Crippen MR) is 69.3 cm³/mol. The number of nitrogens with one attached hydrogen (secondary N) is 1. The highest BCUT2D eigenvalue weighted by Crippen LogP contribution is 2.36. The second kappa shape index (κ2) is 7.38. The van der Waals surface area contributed by atoms with Crippen molar-refractivity contribution in [1.29, 1.82) is 0 Å². The Balaban J connectivity index is 2.83. The van der Waals surface area contributed by atoms with Gasteiger partial charge in [-0.15, -0.1) is 0 Å². The van der Waals surface area contributed by atoms with Gasteiger partial charge < -0.3 is 10.1 Å². The Morgan fingerprint density at radius 1 is 1.21 bits per heavy atom. The maximum absolute atomic E-state index is 12.8. The lowest BCUT2D eigenvalue weighted by atomic mass is 10.1. The van der Waals surface area contributed by atoms with Crippen molar-refractivity contribution in [1.82, 2.24) is 5.32 Å². The summed E-state index contributed by atoms with van der Waals surface area (Å²) in [5.74, 6) is -0.0791. The van der Waals surface area contributed by atoms with Crippen molar-refractivity contribution >= 4 is 0 Å². The van der Waals surface area contributed by atoms with E-state index in [9.17, 15) is 13.2 Å². The third-order valence-corrected chi connectivity index (χ3v) is 2.81. The first kappa shape index (κ1) is 15.8. The molecule has 0 saturated heterocycles. The summed E-state index contributed by atoms with van der Waals surface area (Å²) in [4.78, 5) is 0. The lowest BCUT2D eigenvalue weighted by Gasteiger charge is -2.21. The van der Waals surface area contributed by atoms with E-state index in [1.54, 1.807) is 6.07 Å². The summed E-state index contributed by atoms with van der Waals surface area (Å²) in [7, 11) is 1.81. The molecule has 1 atom stereocenters. The molecule has 1 N–H and O–H groups in total. The summed E-state index contributed by atoms with van der Waals surface area (Å²) >= 11 is 0. The molecule has 108 valence electrons. The fraction of sp³-hybridized carbons (Fsp3) is 0.571. The highest BCUT2D eigenvalue weighted by atomic mass is 19.4. The first-order valence-corrected chi connectivity index (χ1v) is 6.46. The van der Waals surface area contributed by atoms with Crippen molar-refractivity contribution in [3.63, 3.8) is 0 Å². The van der Waals surface area contributed by atoms with E-state index in [1.165, 1.54) is 12.1 Å². The standard InChI is InChI=1S/C14H20F3NO/c1-3-6-11(9-10-18-2)19-13-8-5-4-7-12(13)14(15,16)17/h4-5,7-8,11,18H,3,6,9-10H2,1-2H3/t11-/m0/s1. The van der Waals surface area contributed by atoms with Crippen LogP contribution in [-0.2, 0) is 6.18 Å². The monoisotopic (exact) mass is 275 g/mol. The molecule has 0 aliphatic carbocycles. The molecule has 0 radical (unpaired) electrons. The van der Waals surface area contributed by atoms with Gasteiger partial charge >= 0.3 is 6.18 Å². The average molecular weight is 275 g/mol. The zero-order valence-electron chi connectivity index (χ0n) is 11.3. The van der Waals surface area contributed by atoms with Crippen LogP contribution in [0.25, 0.3) is 0 Å². The molecule has 0 fully saturated rings. The maximum atomic E-state index is 12.8. The Labute approximate surface area is 112 Å². The number of hydrogen-bond acceptors (Lipinski definition) is 2. The summed E-state index contributed by atoms with van der Waals surface area (Å²) in [6.45, 7) is 2.71. The largest absolute Gasteiger partial charge is 0.490 e. The van der Waals surface area contributed by atoms with Crippen molar-refractivity contribution in [3.05, 3.63) is 29.8 Å². The van der Waals surface area contributed by atoms with Crippen molar-refractivity contribution in [2.75, 3.05) is 13.6 Å². The summed E-state index contributed by atoms with van der Waals surface area (Å²) in [5.41, 5.74) is -0.708. The third-order valence-electron chi connectivity index (χ3n) is 2.81. The second-order valence-corrected chi connectivity index (χ2v) is 4.41. The van der Waals surface area contributed by atoms with Crippen molar-refractivity contribution in [2.24, 2.45) is 0 Å². The number of benzene rings is 1. The van der Waals surface area contributed by atoms with Crippen molar-refractivity contribution in [2.45, 2.75) is 38.5 Å². The van der Waals surface area contributed by atoms with Gasteiger partial charge in [-0.3, -0.25) is 0 Å². The minimum atomic E-state index is -4.38. The van der Waals surface area contributed by atoms with E-state index >= 15 is 0 Å². The van der Waals surface area contributed by atoms with Crippen molar-refractivity contribution < 1.29 is 17.9 Å². The van der Waals surface area contributed by atoms with Crippen LogP contribution in [0.4, 0.5) is 13.2 Å². The van der Waals surface area contributed by atoms with Gasteiger partial charge in [-0.25, -0.2) is 0 Å². The zero-order valence-corrected chi connectivity index (χ0v) is 11.3. The fourth-order valence-electron chi connectivity index (χ4n) is 1.87. The average Bonchev–Trinajstić information content (AvgIpc) is 2.35. The molecule has 0 bridgehead atoms. The number of ether oxygens (including phenoxy) is 1. The molecule has 0 heterocycles. The van der Waals surface area contributed by atoms with E-state index in [-0.39, 0.29) is 11.9 Å². The molecule has 0 aromatic heterocycles. The van der Waals surface area contributed by atoms with E-state index in [2.05, 4.69) is 5.32 Å². The smallest absolute Gasteiger partial charge is 0.419 e. The van der Waals surface area contributed by atoms with E-state index in [4.69, 9.17) is 4.74 Å². The Bertz CT molecular complexity index is 379. The van der Waals surface area contributed by atoms with E-state index in [1.807, 2.05) is 14.0 Å². The fourth-order valence-corrected chi connectivity index (χ4v) is 1.87. The SMILES string of the molecule is CCC[C@@H](CCNC)Oc1ccccc1C(F)(F)F. The maximum Gasteiger partial charge on any atom is 0.419 e. The zero-order chi connectivity index (χ0) is 14.3. The van der Waals surface area contributed by atoms with Crippen LogP contribution in [0.2, 0.25) is 0 Å². The summed E-state index contributed by atoms with van der Waals surface area (Å²) in [5, 5.41) is 2.98. The van der Waals surface area contributed by atoms with Gasteiger partial charge in [0.1, 0.15) is 5.75 Å². The highest BCUT2D eigenvalue weighted by Gasteiger charge is 2.34. The molecule has 0 saturated carbocycles. The molecular formula is C14H20F3NO. The molecule has 1 rings (SSSR count). The normalized spacial score (nSPS) is 13.3. The molecule has 0 spiro atoms. The second-order valence-electron chi connectivity index (χ2n) is 4.41. The van der Waals surface area contributed by atoms with Gasteiger partial charge in [0.2, 0.25) is 0 Å². The third kappa shape index (κ3) is 5.11. The molecule has 1 aromatic carbocycles. The minimum Gasteiger partial charge on any atom is -0.490 e. The van der Waals surface area contributed by atoms with Crippen LogP contribution in [-0.4, -0.2) is 19.7 Å². The van der Waals surface area contributed by atoms with Crippen LogP contribution in [0.5, 0.6) is 5.75 Å². The number of rotatable bonds is 7. The summed E-state index contributed by atoms with van der Waals surface area (Å²) < 4.78 is 44.1. The van der Waals surface area contributed by atoms with Gasteiger partial charge in [-0.05, 0) is 38.6 Å². The van der Waals surface area contributed by atoms with Crippen molar-refractivity contribution in [3.8, 4) is 5.75 Å². The van der Waals surface area contributed by atoms with E-state index in [0.717, 1.165) is 25.5 Å². The van der Waals surface area contributed by atoms with Crippen LogP contribution in [0.1, 0.15) is 31.7 Å². The number of alkyl halides is 3. The van der Waals surface area contributed by atoms with E-state index in [0.29, 0.717) is 6.42 Å². The van der Waals surface area contributed by atoms with Crippen LogP contribution in [0.15, 0.2) is 24.3 Å². The first-order chi connectivity index (χ1) is 8.99. The Morgan fingerprint density at radius 3 is 2.47 bits per heavy atom. The molecule has 5 heteroatoms. The number of hydrogen-bond donors (Lipinski definition) is 1. The topological polar surface area (TPSA) is 21.3 Å². The van der Waals surface area contributed by atoms with Crippen LogP contribution >= 0.6 is 0 Å². The minimum absolute atomic E-state index is 0.0791. The molecule has 0 aliphatic heterocycles. The van der Waals surface area contributed by atoms with Gasteiger partial charge in [0.05, 0.1) is 11.7 Å². The van der Waals surface area contributed by atoms with Crippen LogP contribution in [0.3, 0.4) is 0 Å². The molecule has 0 amide bonds. The van der Waals surface area contributed by atoms with Crippen LogP contribution < -0.4 is 10.1 Å². The molecule has 2 nitrogen and oxygen atoms in total. The van der Waals surface area contributed by atoms with Gasteiger partial charge in [0, 0.05) is 0 Å².